The second-order valence-corrected chi connectivity index (χ2v) is 6.92. The molecule has 8 heteroatoms. The number of aliphatic carboxylic acids is 1. The maximum Gasteiger partial charge on any atom is 0.341 e. The summed E-state index contributed by atoms with van der Waals surface area (Å²) >= 11 is 6.41. The minimum atomic E-state index is -1.07. The van der Waals surface area contributed by atoms with E-state index in [1.807, 2.05) is 0 Å². The van der Waals surface area contributed by atoms with Gasteiger partial charge in [-0.3, -0.25) is 9.69 Å². The summed E-state index contributed by atoms with van der Waals surface area (Å²) in [4.78, 5) is 25.0. The van der Waals surface area contributed by atoms with E-state index in [0.29, 0.717) is 26.2 Å². The summed E-state index contributed by atoms with van der Waals surface area (Å²) in [6, 6.07) is 12.2. The zero-order valence-electron chi connectivity index (χ0n) is 13.2. The number of thiocarbonyl (C=S) groups is 1. The fourth-order valence-corrected chi connectivity index (χ4v) is 3.57. The summed E-state index contributed by atoms with van der Waals surface area (Å²) in [5, 5.41) is 8.66. The Hall–Kier alpha value is -2.71. The molecule has 0 aromatic heterocycles. The molecule has 0 bridgehead atoms. The summed E-state index contributed by atoms with van der Waals surface area (Å²) in [6.45, 7) is -0.448. The molecular formula is C18H12FNO4S2. The Balaban J connectivity index is 1.82. The molecule has 2 aromatic rings. The van der Waals surface area contributed by atoms with Gasteiger partial charge < -0.3 is 9.84 Å². The van der Waals surface area contributed by atoms with Crippen LogP contribution in [0.15, 0.2) is 53.4 Å². The average molecular weight is 389 g/mol. The number of carbonyl (C=O) groups excluding carboxylic acids is 1. The maximum atomic E-state index is 13.1. The Bertz CT molecular complexity index is 912. The molecule has 1 aliphatic heterocycles. The Morgan fingerprint density at radius 3 is 2.69 bits per heavy atom. The average Bonchev–Trinajstić information content (AvgIpc) is 2.88. The largest absolute Gasteiger partial charge is 0.482 e. The Morgan fingerprint density at radius 2 is 2.00 bits per heavy atom. The van der Waals surface area contributed by atoms with Crippen LogP contribution in [0.2, 0.25) is 0 Å². The second kappa shape index (κ2) is 7.67. The van der Waals surface area contributed by atoms with Gasteiger partial charge in [0.2, 0.25) is 0 Å². The topological polar surface area (TPSA) is 66.8 Å². The number of nitrogens with zero attached hydrogens (tertiary/aromatic N) is 1. The molecule has 0 aliphatic carbocycles. The highest BCUT2D eigenvalue weighted by Crippen LogP contribution is 2.36. The predicted molar refractivity (Wildman–Crippen MR) is 102 cm³/mol. The van der Waals surface area contributed by atoms with Crippen LogP contribution in [0.25, 0.3) is 6.08 Å². The molecule has 1 aliphatic rings. The van der Waals surface area contributed by atoms with Crippen LogP contribution < -0.4 is 9.64 Å². The number of amides is 1. The summed E-state index contributed by atoms with van der Waals surface area (Å²) in [7, 11) is 0. The normalized spacial score (nSPS) is 15.6. The van der Waals surface area contributed by atoms with Crippen LogP contribution in [0.4, 0.5) is 10.1 Å². The third-order valence-corrected chi connectivity index (χ3v) is 4.70. The van der Waals surface area contributed by atoms with Crippen LogP contribution in [0.3, 0.4) is 0 Å². The standard InChI is InChI=1S/C18H12FNO4S2/c19-12-4-6-13(7-5-12)20-17(23)15(26-18(20)25)9-11-2-1-3-14(8-11)24-10-16(21)22/h1-9H,10H2,(H,21,22)/b15-9+. The lowest BCUT2D eigenvalue weighted by molar-refractivity contribution is -0.139. The SMILES string of the molecule is O=C(O)COc1cccc(/C=C2/SC(=S)N(c3ccc(F)cc3)C2=O)c1. The first-order chi connectivity index (χ1) is 12.4. The smallest absolute Gasteiger partial charge is 0.341 e. The molecule has 26 heavy (non-hydrogen) atoms. The molecule has 1 fully saturated rings. The van der Waals surface area contributed by atoms with Crippen molar-refractivity contribution in [2.45, 2.75) is 0 Å². The lowest BCUT2D eigenvalue weighted by atomic mass is 10.2. The van der Waals surface area contributed by atoms with E-state index in [2.05, 4.69) is 0 Å². The lowest BCUT2D eigenvalue weighted by Crippen LogP contribution is -2.27. The molecule has 2 aromatic carbocycles. The van der Waals surface area contributed by atoms with Gasteiger partial charge in [0.15, 0.2) is 10.9 Å². The van der Waals surface area contributed by atoms with Gasteiger partial charge in [-0.15, -0.1) is 0 Å². The van der Waals surface area contributed by atoms with E-state index in [1.54, 1.807) is 30.3 Å². The molecule has 0 atom stereocenters. The summed E-state index contributed by atoms with van der Waals surface area (Å²) in [5.74, 6) is -1.39. The van der Waals surface area contributed by atoms with Gasteiger partial charge in [0.25, 0.3) is 5.91 Å². The molecule has 3 rings (SSSR count). The van der Waals surface area contributed by atoms with Gasteiger partial charge in [0.1, 0.15) is 11.6 Å². The van der Waals surface area contributed by atoms with Gasteiger partial charge in [-0.2, -0.15) is 0 Å². The molecule has 0 unspecified atom stereocenters. The molecule has 0 saturated carbocycles. The van der Waals surface area contributed by atoms with E-state index in [9.17, 15) is 14.0 Å². The number of thioether (sulfide) groups is 1. The van der Waals surface area contributed by atoms with Crippen molar-refractivity contribution in [2.75, 3.05) is 11.5 Å². The van der Waals surface area contributed by atoms with Gasteiger partial charge in [-0.05, 0) is 48.0 Å². The van der Waals surface area contributed by atoms with E-state index in [0.717, 1.165) is 11.8 Å². The zero-order valence-corrected chi connectivity index (χ0v) is 14.8. The number of carbonyl (C=O) groups is 2. The Labute approximate surface area is 158 Å². The van der Waals surface area contributed by atoms with E-state index in [1.165, 1.54) is 29.2 Å². The second-order valence-electron chi connectivity index (χ2n) is 5.25. The van der Waals surface area contributed by atoms with Crippen molar-refractivity contribution >= 4 is 51.9 Å². The number of halogens is 1. The van der Waals surface area contributed by atoms with Crippen LogP contribution >= 0.6 is 24.0 Å². The number of anilines is 1. The van der Waals surface area contributed by atoms with E-state index in [4.69, 9.17) is 22.1 Å². The number of carboxylic acids is 1. The predicted octanol–water partition coefficient (Wildman–Crippen LogP) is 3.69. The molecule has 1 saturated heterocycles. The van der Waals surface area contributed by atoms with Crippen LogP contribution in [0, 0.1) is 5.82 Å². The highest BCUT2D eigenvalue weighted by molar-refractivity contribution is 8.27. The number of carboxylic acid groups (broad SMARTS) is 1. The van der Waals surface area contributed by atoms with Crippen LogP contribution in [-0.4, -0.2) is 27.9 Å². The van der Waals surface area contributed by atoms with Crippen molar-refractivity contribution in [3.05, 3.63) is 64.8 Å². The van der Waals surface area contributed by atoms with E-state index in [-0.39, 0.29) is 5.91 Å². The van der Waals surface area contributed by atoms with Crippen molar-refractivity contribution in [2.24, 2.45) is 0 Å². The van der Waals surface area contributed by atoms with Gasteiger partial charge in [0, 0.05) is 0 Å². The molecule has 1 N–H and O–H groups in total. The van der Waals surface area contributed by atoms with Crippen molar-refractivity contribution in [3.63, 3.8) is 0 Å². The Kier molecular flexibility index (Phi) is 5.34. The van der Waals surface area contributed by atoms with Crippen LogP contribution in [0.1, 0.15) is 5.56 Å². The first-order valence-electron chi connectivity index (χ1n) is 7.42. The monoisotopic (exact) mass is 389 g/mol. The van der Waals surface area contributed by atoms with Crippen molar-refractivity contribution in [1.82, 2.24) is 0 Å². The summed E-state index contributed by atoms with van der Waals surface area (Å²) in [6.07, 6.45) is 1.65. The van der Waals surface area contributed by atoms with Crippen molar-refractivity contribution < 1.29 is 23.8 Å². The van der Waals surface area contributed by atoms with E-state index >= 15 is 0 Å². The van der Waals surface area contributed by atoms with Crippen molar-refractivity contribution in [3.8, 4) is 5.75 Å². The zero-order chi connectivity index (χ0) is 18.7. The third-order valence-electron chi connectivity index (χ3n) is 3.40. The van der Waals surface area contributed by atoms with Gasteiger partial charge >= 0.3 is 5.97 Å². The number of hydrogen-bond acceptors (Lipinski definition) is 5. The number of ether oxygens (including phenoxy) is 1. The molecular weight excluding hydrogens is 377 g/mol. The first kappa shape index (κ1) is 18.1. The summed E-state index contributed by atoms with van der Waals surface area (Å²) < 4.78 is 18.6. The number of hydrogen-bond donors (Lipinski definition) is 1. The number of rotatable bonds is 5. The molecule has 1 amide bonds. The van der Waals surface area contributed by atoms with Gasteiger partial charge in [0.05, 0.1) is 10.6 Å². The minimum absolute atomic E-state index is 0.302. The third kappa shape index (κ3) is 4.09. The molecule has 132 valence electrons. The maximum absolute atomic E-state index is 13.1. The highest BCUT2D eigenvalue weighted by atomic mass is 32.2. The van der Waals surface area contributed by atoms with Crippen LogP contribution in [0.5, 0.6) is 5.75 Å². The molecule has 0 radical (unpaired) electrons. The minimum Gasteiger partial charge on any atom is -0.482 e. The van der Waals surface area contributed by atoms with E-state index < -0.39 is 18.4 Å². The van der Waals surface area contributed by atoms with Gasteiger partial charge in [-0.25, -0.2) is 9.18 Å². The molecule has 5 nitrogen and oxygen atoms in total. The van der Waals surface area contributed by atoms with Crippen molar-refractivity contribution in [1.29, 1.82) is 0 Å². The lowest BCUT2D eigenvalue weighted by Gasteiger charge is -2.14. The molecule has 0 spiro atoms. The Morgan fingerprint density at radius 1 is 1.27 bits per heavy atom. The summed E-state index contributed by atoms with van der Waals surface area (Å²) in [5.41, 5.74) is 1.17. The molecule has 1 heterocycles. The quantitative estimate of drug-likeness (QED) is 0.621. The number of benzene rings is 2. The highest BCUT2D eigenvalue weighted by Gasteiger charge is 2.33. The van der Waals surface area contributed by atoms with Crippen LogP contribution in [-0.2, 0) is 9.59 Å². The fourth-order valence-electron chi connectivity index (χ4n) is 2.27. The fraction of sp³-hybridized carbons (Fsp3) is 0.0556. The van der Waals surface area contributed by atoms with Gasteiger partial charge in [-0.1, -0.05) is 36.1 Å². The first-order valence-corrected chi connectivity index (χ1v) is 8.65.